The van der Waals surface area contributed by atoms with Gasteiger partial charge in [-0.05, 0) is 47.4 Å². The molecule has 1 heterocycles. The van der Waals surface area contributed by atoms with Gasteiger partial charge in [-0.25, -0.2) is 9.59 Å². The molecule has 3 atom stereocenters. The number of amides is 2. The summed E-state index contributed by atoms with van der Waals surface area (Å²) in [5, 5.41) is 12.4. The average molecular weight is 479 g/mol. The third-order valence-electron chi connectivity index (χ3n) is 7.21. The topological polar surface area (TPSA) is 95.9 Å². The Morgan fingerprint density at radius 3 is 2.29 bits per heavy atom. The van der Waals surface area contributed by atoms with Crippen LogP contribution in [0.3, 0.4) is 0 Å². The number of rotatable bonds is 8. The van der Waals surface area contributed by atoms with Crippen LogP contribution in [0.15, 0.2) is 48.5 Å². The lowest BCUT2D eigenvalue weighted by atomic mass is 9.91. The van der Waals surface area contributed by atoms with Gasteiger partial charge in [0.15, 0.2) is 0 Å². The van der Waals surface area contributed by atoms with Crippen LogP contribution in [-0.4, -0.2) is 53.7 Å². The van der Waals surface area contributed by atoms with Gasteiger partial charge in [0.05, 0.1) is 5.92 Å². The van der Waals surface area contributed by atoms with Crippen LogP contribution in [0.2, 0.25) is 0 Å². The Bertz CT molecular complexity index is 1040. The van der Waals surface area contributed by atoms with Crippen molar-refractivity contribution in [2.75, 3.05) is 19.7 Å². The highest BCUT2D eigenvalue weighted by atomic mass is 16.5. The molecule has 2 aromatic rings. The molecule has 0 radical (unpaired) electrons. The molecule has 2 aliphatic rings. The number of carboxylic acid groups (broad SMARTS) is 1. The smallest absolute Gasteiger partial charge is 0.407 e. The average Bonchev–Trinajstić information content (AvgIpc) is 3.18. The quantitative estimate of drug-likeness (QED) is 0.576. The van der Waals surface area contributed by atoms with Crippen LogP contribution in [0, 0.1) is 11.8 Å². The molecule has 4 rings (SSSR count). The zero-order valence-electron chi connectivity index (χ0n) is 20.4. The molecule has 1 saturated heterocycles. The van der Waals surface area contributed by atoms with Crippen molar-refractivity contribution in [1.82, 2.24) is 10.2 Å². The molecule has 0 saturated carbocycles. The molecule has 2 amide bonds. The SMILES string of the molecule is CCCC(CNC(=O)OCC1c2ccccc2-c2ccccc21)C(=O)N1CC(C)CCC1C(=O)O. The van der Waals surface area contributed by atoms with Crippen LogP contribution in [0.5, 0.6) is 0 Å². The number of nitrogens with zero attached hydrogens (tertiary/aromatic N) is 1. The first-order valence-corrected chi connectivity index (χ1v) is 12.5. The second kappa shape index (κ2) is 10.9. The Morgan fingerprint density at radius 2 is 1.69 bits per heavy atom. The summed E-state index contributed by atoms with van der Waals surface area (Å²) >= 11 is 0. The highest BCUT2D eigenvalue weighted by molar-refractivity contribution is 5.86. The van der Waals surface area contributed by atoms with Gasteiger partial charge in [-0.1, -0.05) is 68.8 Å². The molecule has 0 spiro atoms. The van der Waals surface area contributed by atoms with Crippen molar-refractivity contribution in [3.63, 3.8) is 0 Å². The summed E-state index contributed by atoms with van der Waals surface area (Å²) in [5.41, 5.74) is 4.60. The number of likely N-dealkylation sites (tertiary alicyclic amines) is 1. The van der Waals surface area contributed by atoms with E-state index >= 15 is 0 Å². The number of nitrogens with one attached hydrogen (secondary N) is 1. The lowest BCUT2D eigenvalue weighted by molar-refractivity contribution is -0.155. The number of hydrogen-bond donors (Lipinski definition) is 2. The van der Waals surface area contributed by atoms with E-state index in [4.69, 9.17) is 4.74 Å². The standard InChI is InChI=1S/C28H34N2O5/c1-3-8-19(26(31)30-16-18(2)13-14-25(30)27(32)33)15-29-28(34)35-17-24-22-11-6-4-9-20(22)21-10-5-7-12-23(21)24/h4-7,9-12,18-19,24-25H,3,8,13-17H2,1-2H3,(H,29,34)(H,32,33). The predicted molar refractivity (Wildman–Crippen MR) is 133 cm³/mol. The Kier molecular flexibility index (Phi) is 7.73. The number of carboxylic acids is 1. The summed E-state index contributed by atoms with van der Waals surface area (Å²) in [6.07, 6.45) is 2.00. The summed E-state index contributed by atoms with van der Waals surface area (Å²) in [4.78, 5) is 39.1. The van der Waals surface area contributed by atoms with Crippen molar-refractivity contribution < 1.29 is 24.2 Å². The van der Waals surface area contributed by atoms with Crippen LogP contribution >= 0.6 is 0 Å². The molecule has 7 heteroatoms. The first-order valence-electron chi connectivity index (χ1n) is 12.5. The van der Waals surface area contributed by atoms with Crippen molar-refractivity contribution in [2.45, 2.75) is 51.5 Å². The van der Waals surface area contributed by atoms with Crippen LogP contribution in [0.1, 0.15) is 56.6 Å². The normalized spacial score (nSPS) is 20.0. The van der Waals surface area contributed by atoms with Gasteiger partial charge >= 0.3 is 12.1 Å². The number of carbonyl (C=O) groups is 3. The molecule has 2 N–H and O–H groups in total. The van der Waals surface area contributed by atoms with Crippen LogP contribution < -0.4 is 5.32 Å². The lowest BCUT2D eigenvalue weighted by Gasteiger charge is -2.38. The van der Waals surface area contributed by atoms with Gasteiger partial charge in [0.2, 0.25) is 5.91 Å². The number of fused-ring (bicyclic) bond motifs is 3. The van der Waals surface area contributed by atoms with Gasteiger partial charge in [-0.2, -0.15) is 0 Å². The maximum absolute atomic E-state index is 13.3. The van der Waals surface area contributed by atoms with E-state index in [0.29, 0.717) is 19.4 Å². The molecule has 0 aromatic heterocycles. The number of benzene rings is 2. The lowest BCUT2D eigenvalue weighted by Crippen LogP contribution is -2.53. The van der Waals surface area contributed by atoms with Crippen molar-refractivity contribution in [3.05, 3.63) is 59.7 Å². The van der Waals surface area contributed by atoms with Crippen molar-refractivity contribution in [3.8, 4) is 11.1 Å². The van der Waals surface area contributed by atoms with E-state index in [-0.39, 0.29) is 30.9 Å². The summed E-state index contributed by atoms with van der Waals surface area (Å²) < 4.78 is 5.60. The fourth-order valence-corrected chi connectivity index (χ4v) is 5.40. The van der Waals surface area contributed by atoms with E-state index in [2.05, 4.69) is 29.6 Å². The fourth-order valence-electron chi connectivity index (χ4n) is 5.40. The van der Waals surface area contributed by atoms with Crippen molar-refractivity contribution in [2.24, 2.45) is 11.8 Å². The second-order valence-electron chi connectivity index (χ2n) is 9.72. The largest absolute Gasteiger partial charge is 0.480 e. The molecule has 7 nitrogen and oxygen atoms in total. The molecule has 0 bridgehead atoms. The van der Waals surface area contributed by atoms with Crippen LogP contribution in [-0.2, 0) is 14.3 Å². The Labute approximate surface area is 206 Å². The van der Waals surface area contributed by atoms with E-state index in [1.54, 1.807) is 0 Å². The summed E-state index contributed by atoms with van der Waals surface area (Å²) in [6.45, 7) is 4.77. The molecule has 1 aliphatic carbocycles. The van der Waals surface area contributed by atoms with Gasteiger partial charge in [-0.3, -0.25) is 4.79 Å². The zero-order chi connectivity index (χ0) is 24.9. The maximum Gasteiger partial charge on any atom is 0.407 e. The molecule has 1 fully saturated rings. The molecule has 35 heavy (non-hydrogen) atoms. The van der Waals surface area contributed by atoms with E-state index in [1.165, 1.54) is 4.90 Å². The highest BCUT2D eigenvalue weighted by Gasteiger charge is 2.37. The predicted octanol–water partition coefficient (Wildman–Crippen LogP) is 4.65. The minimum atomic E-state index is -0.968. The van der Waals surface area contributed by atoms with Crippen LogP contribution in [0.4, 0.5) is 4.79 Å². The third-order valence-corrected chi connectivity index (χ3v) is 7.21. The molecule has 2 aromatic carbocycles. The van der Waals surface area contributed by atoms with Gasteiger partial charge in [0, 0.05) is 19.0 Å². The van der Waals surface area contributed by atoms with E-state index in [0.717, 1.165) is 35.1 Å². The number of piperidine rings is 1. The summed E-state index contributed by atoms with van der Waals surface area (Å²) in [5.74, 6) is -1.43. The molecular formula is C28H34N2O5. The third kappa shape index (κ3) is 5.34. The maximum atomic E-state index is 13.3. The van der Waals surface area contributed by atoms with Crippen LogP contribution in [0.25, 0.3) is 11.1 Å². The van der Waals surface area contributed by atoms with Crippen molar-refractivity contribution >= 4 is 18.0 Å². The summed E-state index contributed by atoms with van der Waals surface area (Å²) in [6, 6.07) is 15.5. The highest BCUT2D eigenvalue weighted by Crippen LogP contribution is 2.44. The monoisotopic (exact) mass is 478 g/mol. The number of hydrogen-bond acceptors (Lipinski definition) is 4. The first-order chi connectivity index (χ1) is 16.9. The van der Waals surface area contributed by atoms with Gasteiger partial charge < -0.3 is 20.1 Å². The molecule has 3 unspecified atom stereocenters. The number of ether oxygens (including phenoxy) is 1. The van der Waals surface area contributed by atoms with E-state index in [9.17, 15) is 19.5 Å². The van der Waals surface area contributed by atoms with Crippen molar-refractivity contribution in [1.29, 1.82) is 0 Å². The number of aliphatic carboxylic acids is 1. The van der Waals surface area contributed by atoms with Gasteiger partial charge in [0.1, 0.15) is 12.6 Å². The van der Waals surface area contributed by atoms with Gasteiger partial charge in [-0.15, -0.1) is 0 Å². The molecular weight excluding hydrogens is 444 g/mol. The zero-order valence-corrected chi connectivity index (χ0v) is 20.4. The second-order valence-corrected chi connectivity index (χ2v) is 9.72. The first kappa shape index (κ1) is 24.8. The molecule has 186 valence electrons. The molecule has 1 aliphatic heterocycles. The fraction of sp³-hybridized carbons (Fsp3) is 0.464. The van der Waals surface area contributed by atoms with E-state index < -0.39 is 24.0 Å². The number of carbonyl (C=O) groups excluding carboxylic acids is 2. The van der Waals surface area contributed by atoms with E-state index in [1.807, 2.05) is 38.1 Å². The Hall–Kier alpha value is -3.35. The Morgan fingerprint density at radius 1 is 1.06 bits per heavy atom. The number of alkyl carbamates (subject to hydrolysis) is 1. The summed E-state index contributed by atoms with van der Waals surface area (Å²) in [7, 11) is 0. The minimum Gasteiger partial charge on any atom is -0.480 e. The Balaban J connectivity index is 1.37. The van der Waals surface area contributed by atoms with Gasteiger partial charge in [0.25, 0.3) is 0 Å². The minimum absolute atomic E-state index is 0.0348.